The Hall–Kier alpha value is -0.0905. The van der Waals surface area contributed by atoms with Crippen LogP contribution in [-0.4, -0.2) is 60.6 Å². The molecule has 11 heteroatoms. The predicted octanol–water partition coefficient (Wildman–Crippen LogP) is 7.24. The first kappa shape index (κ1) is 30.5. The van der Waals surface area contributed by atoms with Crippen LogP contribution in [0.5, 0.6) is 0 Å². The van der Waals surface area contributed by atoms with E-state index in [-0.39, 0.29) is 31.2 Å². The first-order valence-corrected chi connectivity index (χ1v) is 17.2. The first-order chi connectivity index (χ1) is 17.6. The molecule has 1 aromatic rings. The molecule has 0 aromatic carbocycles. The standard InChI is InChI=1S/C25H37N5O2S.2ClH.Mn/c1-2-32-25(31)17-33-20-13-18-15-28-23-9-5-3-7-21(23)26-11-12-27-22-8-4-6-10-24(22)29-16-19(14-20)30-18;;;/h13-14,21-24H,2-12,15-17H2,1H3;2*1H;/q-4;;;+2/p-2/t21-,22?,23-,24?;;;/m1.../s1. The third kappa shape index (κ3) is 10.6. The Morgan fingerprint density at radius 2 is 1.36 bits per heavy atom. The van der Waals surface area contributed by atoms with Gasteiger partial charge in [0.2, 0.25) is 0 Å². The van der Waals surface area contributed by atoms with Gasteiger partial charge in [0.1, 0.15) is 0 Å². The van der Waals surface area contributed by atoms with Gasteiger partial charge in [0, 0.05) is 16.3 Å². The van der Waals surface area contributed by atoms with Crippen molar-refractivity contribution in [2.24, 2.45) is 0 Å². The van der Waals surface area contributed by atoms with Crippen LogP contribution in [0.25, 0.3) is 21.3 Å². The van der Waals surface area contributed by atoms with Gasteiger partial charge < -0.3 is 26.0 Å². The zero-order chi connectivity index (χ0) is 25.6. The van der Waals surface area contributed by atoms with Crippen molar-refractivity contribution >= 4 is 37.9 Å². The minimum atomic E-state index is -0.187. The van der Waals surface area contributed by atoms with Gasteiger partial charge in [0.25, 0.3) is 0 Å². The summed E-state index contributed by atoms with van der Waals surface area (Å²) in [6.45, 7) is 5.04. The molecule has 0 radical (unpaired) electrons. The monoisotopic (exact) mass is 596 g/mol. The number of nitrogens with zero attached hydrogens (tertiary/aromatic N) is 5. The van der Waals surface area contributed by atoms with E-state index >= 15 is 0 Å². The molecule has 36 heavy (non-hydrogen) atoms. The van der Waals surface area contributed by atoms with E-state index in [0.717, 1.165) is 55.1 Å². The number of hydrogen-bond acceptors (Lipinski definition) is 4. The number of esters is 1. The normalized spacial score (nSPS) is 27.2. The maximum absolute atomic E-state index is 11.9. The summed E-state index contributed by atoms with van der Waals surface area (Å²) in [4.78, 5) is 17.8. The number of carbonyl (C=O) groups excluding carboxylic acids is 1. The summed E-state index contributed by atoms with van der Waals surface area (Å²) < 4.78 is 5.10. The molecule has 0 saturated heterocycles. The number of fused-ring (bicyclic) bond motifs is 4. The molecule has 3 aliphatic rings. The average molecular weight is 598 g/mol. The van der Waals surface area contributed by atoms with Crippen LogP contribution in [0.3, 0.4) is 0 Å². The van der Waals surface area contributed by atoms with Crippen LogP contribution in [0.15, 0.2) is 17.0 Å². The number of hydrogen-bond donors (Lipinski definition) is 0. The van der Waals surface area contributed by atoms with E-state index in [2.05, 4.69) is 12.1 Å². The molecule has 2 fully saturated rings. The minimum absolute atomic E-state index is 0.00694. The van der Waals surface area contributed by atoms with Gasteiger partial charge in [-0.3, -0.25) is 9.78 Å². The number of ether oxygens (including phenoxy) is 1. The summed E-state index contributed by atoms with van der Waals surface area (Å²) in [6.07, 6.45) is 9.40. The summed E-state index contributed by atoms with van der Waals surface area (Å²) in [7, 11) is 9.59. The summed E-state index contributed by atoms with van der Waals surface area (Å²) in [5.41, 5.74) is 1.91. The van der Waals surface area contributed by atoms with Crippen LogP contribution < -0.4 is 0 Å². The molecule has 2 bridgehead atoms. The SMILES string of the molecule is CCOC(=O)CSc1cc2nc(c1)C[N-][C@@H]1CCCC[C@H]1[N-]CC[N-]C1CCCCC1[N-]C2.[Cl][Mn][Cl]. The third-order valence-electron chi connectivity index (χ3n) is 6.76. The zero-order valence-electron chi connectivity index (χ0n) is 21.0. The molecule has 2 saturated carbocycles. The zero-order valence-corrected chi connectivity index (χ0v) is 24.5. The number of thioether (sulfide) groups is 1. The molecule has 4 rings (SSSR count). The molecule has 4 atom stereocenters. The topological polar surface area (TPSA) is 95.6 Å². The second-order valence-electron chi connectivity index (χ2n) is 9.27. The van der Waals surface area contributed by atoms with Gasteiger partial charge in [-0.15, -0.1) is 24.9 Å². The average Bonchev–Trinajstić information content (AvgIpc) is 2.89. The Morgan fingerprint density at radius 3 is 1.81 bits per heavy atom. The van der Waals surface area contributed by atoms with Gasteiger partial charge in [-0.2, -0.15) is 37.3 Å². The van der Waals surface area contributed by atoms with E-state index < -0.39 is 0 Å². The Labute approximate surface area is 235 Å². The molecule has 0 N–H and O–H groups in total. The Balaban J connectivity index is 0.00000115. The van der Waals surface area contributed by atoms with Crippen molar-refractivity contribution < 1.29 is 22.7 Å². The second kappa shape index (κ2) is 17.5. The van der Waals surface area contributed by atoms with Gasteiger partial charge in [-0.1, -0.05) is 51.4 Å². The van der Waals surface area contributed by atoms with Crippen LogP contribution >= 0.6 is 32.0 Å². The van der Waals surface area contributed by atoms with Gasteiger partial charge in [-0.25, -0.2) is 0 Å². The third-order valence-corrected chi connectivity index (χ3v) is 7.71. The summed E-state index contributed by atoms with van der Waals surface area (Å²) >= 11 is 1.51. The second-order valence-corrected chi connectivity index (χ2v) is 12.3. The van der Waals surface area contributed by atoms with E-state index in [0.29, 0.717) is 37.5 Å². The molecule has 2 unspecified atom stereocenters. The molecule has 205 valence electrons. The number of aromatic nitrogens is 1. The molecule has 1 aromatic heterocycles. The van der Waals surface area contributed by atoms with Gasteiger partial charge >= 0.3 is 39.3 Å². The van der Waals surface area contributed by atoms with E-state index in [4.69, 9.17) is 51.2 Å². The van der Waals surface area contributed by atoms with Crippen LogP contribution in [0.2, 0.25) is 0 Å². The quantitative estimate of drug-likeness (QED) is 0.208. The van der Waals surface area contributed by atoms with Gasteiger partial charge in [0.15, 0.2) is 0 Å². The fraction of sp³-hybridized carbons (Fsp3) is 0.760. The number of carbonyl (C=O) groups is 1. The van der Waals surface area contributed by atoms with E-state index in [1.54, 1.807) is 0 Å². The van der Waals surface area contributed by atoms with Crippen LogP contribution in [0.1, 0.15) is 69.7 Å². The summed E-state index contributed by atoms with van der Waals surface area (Å²) in [6, 6.07) is 5.32. The molecule has 0 spiro atoms. The molecule has 0 amide bonds. The maximum atomic E-state index is 11.9. The van der Waals surface area contributed by atoms with Crippen molar-refractivity contribution in [3.8, 4) is 0 Å². The summed E-state index contributed by atoms with van der Waals surface area (Å²) in [5.74, 6) is 0.117. The van der Waals surface area contributed by atoms with Crippen molar-refractivity contribution in [1.82, 2.24) is 4.98 Å². The number of rotatable bonds is 4. The van der Waals surface area contributed by atoms with Crippen molar-refractivity contribution in [2.45, 2.75) is 100 Å². The summed E-state index contributed by atoms with van der Waals surface area (Å²) in [5, 5.41) is 20.1. The van der Waals surface area contributed by atoms with E-state index in [1.807, 2.05) is 6.92 Å². The van der Waals surface area contributed by atoms with E-state index in [9.17, 15) is 4.79 Å². The van der Waals surface area contributed by atoms with Gasteiger partial charge in [0.05, 0.1) is 12.4 Å². The van der Waals surface area contributed by atoms with E-state index in [1.165, 1.54) is 37.4 Å². The molecular weight excluding hydrogens is 560 g/mol. The number of pyridine rings is 1. The van der Waals surface area contributed by atoms with Crippen LogP contribution in [0, 0.1) is 0 Å². The van der Waals surface area contributed by atoms with Crippen molar-refractivity contribution in [3.63, 3.8) is 0 Å². The molecule has 2 aliphatic carbocycles. The Morgan fingerprint density at radius 1 is 0.917 bits per heavy atom. The first-order valence-electron chi connectivity index (χ1n) is 12.9. The Bertz CT molecular complexity index is 749. The molecule has 2 heterocycles. The van der Waals surface area contributed by atoms with Crippen LogP contribution in [-0.2, 0) is 35.8 Å². The number of halogens is 2. The molecule has 7 nitrogen and oxygen atoms in total. The van der Waals surface area contributed by atoms with Crippen LogP contribution in [0.4, 0.5) is 0 Å². The van der Waals surface area contributed by atoms with Crippen molar-refractivity contribution in [3.05, 3.63) is 44.8 Å². The molecular formula is C25H37Cl2MnN5O2S-4. The van der Waals surface area contributed by atoms with Gasteiger partial charge in [-0.05, 0) is 19.1 Å². The van der Waals surface area contributed by atoms with Crippen molar-refractivity contribution in [2.75, 3.05) is 25.4 Å². The fourth-order valence-corrected chi connectivity index (χ4v) is 5.92. The fourth-order valence-electron chi connectivity index (χ4n) is 5.11. The Kier molecular flexibility index (Phi) is 14.8. The predicted molar refractivity (Wildman–Crippen MR) is 146 cm³/mol. The van der Waals surface area contributed by atoms with Crippen molar-refractivity contribution in [1.29, 1.82) is 0 Å². The molecule has 1 aliphatic heterocycles.